The van der Waals surface area contributed by atoms with Gasteiger partial charge in [-0.25, -0.2) is 9.78 Å². The fraction of sp³-hybridized carbons (Fsp3) is 0.444. The molecule has 2 heterocycles. The first-order chi connectivity index (χ1) is 13.2. The summed E-state index contributed by atoms with van der Waals surface area (Å²) in [5.41, 5.74) is 4.60. The minimum absolute atomic E-state index is 0.0787. The van der Waals surface area contributed by atoms with Crippen molar-refractivity contribution >= 4 is 40.6 Å². The normalized spacial score (nSPS) is 11.1. The second kappa shape index (κ2) is 9.25. The standard InChI is InChI=1S/C18H23Cl2N5O3/c1-4-5-8-24(17(27)13-11(19)6-7-12(20)22-13)14-15(21)25(9-10(2)3)18(28)23-16(14)26/h6-7,10H,4-5,8-9,21H2,1-3H3,(H,23,26,28). The molecule has 0 fully saturated rings. The zero-order valence-electron chi connectivity index (χ0n) is 16.0. The number of amides is 1. The maximum Gasteiger partial charge on any atom is 0.330 e. The largest absolute Gasteiger partial charge is 0.383 e. The first-order valence-electron chi connectivity index (χ1n) is 8.93. The van der Waals surface area contributed by atoms with Crippen LogP contribution >= 0.6 is 23.2 Å². The fourth-order valence-electron chi connectivity index (χ4n) is 2.71. The molecular formula is C18H23Cl2N5O3. The minimum Gasteiger partial charge on any atom is -0.383 e. The Hall–Kier alpha value is -2.32. The van der Waals surface area contributed by atoms with Crippen molar-refractivity contribution < 1.29 is 4.79 Å². The summed E-state index contributed by atoms with van der Waals surface area (Å²) in [5, 5.41) is 0.191. The Kier molecular flexibility index (Phi) is 7.26. The van der Waals surface area contributed by atoms with Crippen molar-refractivity contribution in [2.45, 2.75) is 40.2 Å². The van der Waals surface area contributed by atoms with Gasteiger partial charge in [-0.1, -0.05) is 50.4 Å². The molecule has 3 N–H and O–H groups in total. The molecule has 0 aliphatic heterocycles. The van der Waals surface area contributed by atoms with Gasteiger partial charge in [0.05, 0.1) is 5.02 Å². The summed E-state index contributed by atoms with van der Waals surface area (Å²) in [6, 6.07) is 2.91. The van der Waals surface area contributed by atoms with E-state index in [0.29, 0.717) is 13.0 Å². The van der Waals surface area contributed by atoms with E-state index < -0.39 is 17.2 Å². The van der Waals surface area contributed by atoms with Crippen molar-refractivity contribution in [3.63, 3.8) is 0 Å². The number of nitrogens with one attached hydrogen (secondary N) is 1. The molecule has 0 radical (unpaired) electrons. The van der Waals surface area contributed by atoms with Crippen LogP contribution < -0.4 is 21.9 Å². The van der Waals surface area contributed by atoms with Crippen molar-refractivity contribution in [1.29, 1.82) is 0 Å². The van der Waals surface area contributed by atoms with Crippen molar-refractivity contribution in [1.82, 2.24) is 14.5 Å². The monoisotopic (exact) mass is 427 g/mol. The summed E-state index contributed by atoms with van der Waals surface area (Å²) in [6.45, 7) is 6.26. The third-order valence-electron chi connectivity index (χ3n) is 4.03. The molecule has 0 aromatic carbocycles. The molecule has 0 aliphatic carbocycles. The van der Waals surface area contributed by atoms with Gasteiger partial charge in [-0.05, 0) is 24.5 Å². The molecule has 0 bridgehead atoms. The van der Waals surface area contributed by atoms with Gasteiger partial charge in [0.2, 0.25) is 0 Å². The number of anilines is 2. The summed E-state index contributed by atoms with van der Waals surface area (Å²) >= 11 is 12.0. The van der Waals surface area contributed by atoms with E-state index in [4.69, 9.17) is 28.9 Å². The van der Waals surface area contributed by atoms with Gasteiger partial charge in [0, 0.05) is 13.1 Å². The molecule has 2 aromatic heterocycles. The Labute approximate surface area is 172 Å². The van der Waals surface area contributed by atoms with Gasteiger partial charge in [-0.15, -0.1) is 0 Å². The van der Waals surface area contributed by atoms with Crippen molar-refractivity contribution in [2.75, 3.05) is 17.2 Å². The van der Waals surface area contributed by atoms with Gasteiger partial charge in [-0.2, -0.15) is 0 Å². The molecule has 0 aliphatic rings. The smallest absolute Gasteiger partial charge is 0.330 e. The van der Waals surface area contributed by atoms with Gasteiger partial charge in [-0.3, -0.25) is 24.0 Å². The average molecular weight is 428 g/mol. The number of rotatable bonds is 7. The third kappa shape index (κ3) is 4.74. The van der Waals surface area contributed by atoms with Gasteiger partial charge in [0.15, 0.2) is 5.69 Å². The fourth-order valence-corrected chi connectivity index (χ4v) is 3.05. The van der Waals surface area contributed by atoms with Crippen LogP contribution in [0, 0.1) is 5.92 Å². The highest BCUT2D eigenvalue weighted by Gasteiger charge is 2.27. The second-order valence-electron chi connectivity index (χ2n) is 6.77. The molecule has 1 amide bonds. The third-order valence-corrected chi connectivity index (χ3v) is 4.54. The predicted octanol–water partition coefficient (Wildman–Crippen LogP) is 2.92. The molecule has 0 unspecified atom stereocenters. The number of pyridine rings is 1. The van der Waals surface area contributed by atoms with E-state index in [-0.39, 0.29) is 39.8 Å². The van der Waals surface area contributed by atoms with E-state index in [1.54, 1.807) is 0 Å². The SMILES string of the molecule is CCCCN(C(=O)c1nc(Cl)ccc1Cl)c1c(N)n(CC(C)C)c(=O)[nH]c1=O. The summed E-state index contributed by atoms with van der Waals surface area (Å²) in [6.07, 6.45) is 1.37. The Bertz CT molecular complexity index is 984. The number of hydrogen-bond donors (Lipinski definition) is 2. The number of nitrogens with zero attached hydrogens (tertiary/aromatic N) is 3. The van der Waals surface area contributed by atoms with Crippen LogP contribution in [-0.4, -0.2) is 27.0 Å². The molecule has 0 atom stereocenters. The van der Waals surface area contributed by atoms with E-state index in [1.165, 1.54) is 21.6 Å². The van der Waals surface area contributed by atoms with Gasteiger partial charge < -0.3 is 5.73 Å². The van der Waals surface area contributed by atoms with E-state index in [1.807, 2.05) is 20.8 Å². The molecule has 10 heteroatoms. The molecule has 28 heavy (non-hydrogen) atoms. The zero-order chi connectivity index (χ0) is 21.0. The highest BCUT2D eigenvalue weighted by atomic mass is 35.5. The van der Waals surface area contributed by atoms with Crippen LogP contribution in [0.3, 0.4) is 0 Å². The first kappa shape index (κ1) is 22.0. The van der Waals surface area contributed by atoms with Crippen LogP contribution in [0.1, 0.15) is 44.1 Å². The second-order valence-corrected chi connectivity index (χ2v) is 7.57. The number of carbonyl (C=O) groups is 1. The quantitative estimate of drug-likeness (QED) is 0.659. The van der Waals surface area contributed by atoms with Crippen LogP contribution in [0.4, 0.5) is 11.5 Å². The van der Waals surface area contributed by atoms with Crippen LogP contribution in [-0.2, 0) is 6.54 Å². The number of halogens is 2. The molecule has 2 rings (SSSR count). The van der Waals surface area contributed by atoms with Gasteiger partial charge in [0.25, 0.3) is 11.5 Å². The maximum atomic E-state index is 13.2. The lowest BCUT2D eigenvalue weighted by Gasteiger charge is -2.25. The number of H-pyrrole nitrogens is 1. The molecule has 152 valence electrons. The van der Waals surface area contributed by atoms with Crippen molar-refractivity contribution in [3.05, 3.63) is 48.8 Å². The molecule has 2 aromatic rings. The molecular weight excluding hydrogens is 405 g/mol. The number of carbonyl (C=O) groups excluding carboxylic acids is 1. The summed E-state index contributed by atoms with van der Waals surface area (Å²) in [7, 11) is 0. The van der Waals surface area contributed by atoms with Crippen LogP contribution in [0.2, 0.25) is 10.2 Å². The molecule has 0 saturated carbocycles. The first-order valence-corrected chi connectivity index (χ1v) is 9.69. The molecule has 0 saturated heterocycles. The van der Waals surface area contributed by atoms with Crippen LogP contribution in [0.25, 0.3) is 0 Å². The van der Waals surface area contributed by atoms with E-state index in [0.717, 1.165) is 6.42 Å². The highest BCUT2D eigenvalue weighted by molar-refractivity contribution is 6.35. The zero-order valence-corrected chi connectivity index (χ0v) is 17.5. The predicted molar refractivity (Wildman–Crippen MR) is 111 cm³/mol. The number of nitrogens with two attached hydrogens (primary N) is 1. The Morgan fingerprint density at radius 3 is 2.61 bits per heavy atom. The van der Waals surface area contributed by atoms with E-state index in [9.17, 15) is 14.4 Å². The lowest BCUT2D eigenvalue weighted by molar-refractivity contribution is 0.0981. The number of unbranched alkanes of at least 4 members (excludes halogenated alkanes) is 1. The van der Waals surface area contributed by atoms with E-state index >= 15 is 0 Å². The van der Waals surface area contributed by atoms with Crippen molar-refractivity contribution in [3.8, 4) is 0 Å². The summed E-state index contributed by atoms with van der Waals surface area (Å²) in [5.74, 6) is -0.597. The molecule has 0 spiro atoms. The van der Waals surface area contributed by atoms with Crippen LogP contribution in [0.5, 0.6) is 0 Å². The van der Waals surface area contributed by atoms with Gasteiger partial charge in [0.1, 0.15) is 16.7 Å². The maximum absolute atomic E-state index is 13.2. The van der Waals surface area contributed by atoms with Crippen LogP contribution in [0.15, 0.2) is 21.7 Å². The Morgan fingerprint density at radius 1 is 1.32 bits per heavy atom. The Balaban J connectivity index is 2.66. The average Bonchev–Trinajstić information content (AvgIpc) is 2.62. The Morgan fingerprint density at radius 2 is 2.00 bits per heavy atom. The lowest BCUT2D eigenvalue weighted by Crippen LogP contribution is -2.42. The highest BCUT2D eigenvalue weighted by Crippen LogP contribution is 2.24. The number of aromatic amines is 1. The number of hydrogen-bond acceptors (Lipinski definition) is 5. The van der Waals surface area contributed by atoms with E-state index in [2.05, 4.69) is 9.97 Å². The number of aromatic nitrogens is 3. The van der Waals surface area contributed by atoms with Gasteiger partial charge >= 0.3 is 5.69 Å². The van der Waals surface area contributed by atoms with Crippen molar-refractivity contribution in [2.24, 2.45) is 5.92 Å². The molecule has 8 nitrogen and oxygen atoms in total. The topological polar surface area (TPSA) is 114 Å². The summed E-state index contributed by atoms with van der Waals surface area (Å²) < 4.78 is 1.25. The lowest BCUT2D eigenvalue weighted by atomic mass is 10.2. The number of nitrogen functional groups attached to an aromatic ring is 1. The summed E-state index contributed by atoms with van der Waals surface area (Å²) in [4.78, 5) is 45.4. The minimum atomic E-state index is -0.745.